The van der Waals surface area contributed by atoms with Gasteiger partial charge < -0.3 is 15.2 Å². The van der Waals surface area contributed by atoms with Crippen molar-refractivity contribution in [3.8, 4) is 5.75 Å². The minimum absolute atomic E-state index is 0.760. The first-order chi connectivity index (χ1) is 13.7. The molecule has 1 atom stereocenters. The Labute approximate surface area is 175 Å². The Hall–Kier alpha value is -2.54. The predicted molar refractivity (Wildman–Crippen MR) is 120 cm³/mol. The predicted octanol–water partition coefficient (Wildman–Crippen LogP) is 4.77. The third kappa shape index (κ3) is 18.6. The highest BCUT2D eigenvalue weighted by molar-refractivity contribution is 7.93. The molecule has 0 fully saturated rings. The van der Waals surface area contributed by atoms with Crippen LogP contribution in [0.2, 0.25) is 0 Å². The summed E-state index contributed by atoms with van der Waals surface area (Å²) in [5.74, 6) is -0.964. The van der Waals surface area contributed by atoms with Gasteiger partial charge in [-0.15, -0.1) is 0 Å². The van der Waals surface area contributed by atoms with Gasteiger partial charge in [-0.1, -0.05) is 58.0 Å². The van der Waals surface area contributed by atoms with E-state index in [9.17, 15) is 13.2 Å². The largest absolute Gasteiger partial charge is 0.481 e. The Kier molecular flexibility index (Phi) is 17.4. The van der Waals surface area contributed by atoms with Crippen molar-refractivity contribution in [3.05, 3.63) is 66.4 Å². The lowest BCUT2D eigenvalue weighted by Crippen LogP contribution is -2.13. The molecule has 0 aromatic heterocycles. The Morgan fingerprint density at radius 1 is 1.28 bits per heavy atom. The fourth-order valence-corrected chi connectivity index (χ4v) is 2.07. The molecule has 1 unspecified atom stereocenters. The van der Waals surface area contributed by atoms with Crippen LogP contribution in [0.25, 0.3) is 0 Å². The highest BCUT2D eigenvalue weighted by atomic mass is 32.2. The summed E-state index contributed by atoms with van der Waals surface area (Å²) in [5.41, 5.74) is 0.914. The molecular weight excluding hydrogens is 390 g/mol. The number of hydrogen-bond acceptors (Lipinski definition) is 5. The van der Waals surface area contributed by atoms with E-state index in [0.717, 1.165) is 42.2 Å². The van der Waals surface area contributed by atoms with Gasteiger partial charge in [0.2, 0.25) is 0 Å². The van der Waals surface area contributed by atoms with Crippen LogP contribution in [0, 0.1) is 5.92 Å². The summed E-state index contributed by atoms with van der Waals surface area (Å²) in [4.78, 5) is 10.2. The van der Waals surface area contributed by atoms with Crippen LogP contribution in [0.1, 0.15) is 40.5 Å². The van der Waals surface area contributed by atoms with Crippen LogP contribution >= 0.6 is 0 Å². The molecule has 7 heteroatoms. The second-order valence-corrected chi connectivity index (χ2v) is 7.70. The first-order valence-corrected chi connectivity index (χ1v) is 11.5. The van der Waals surface area contributed by atoms with Gasteiger partial charge >= 0.3 is 5.97 Å². The summed E-state index contributed by atoms with van der Waals surface area (Å²) < 4.78 is 26.5. The molecular formula is C22H35NO5S. The van der Waals surface area contributed by atoms with Gasteiger partial charge in [0.25, 0.3) is 0 Å². The van der Waals surface area contributed by atoms with Gasteiger partial charge in [0.1, 0.15) is 12.0 Å². The minimum atomic E-state index is -3.20. The SMILES string of the molecule is C=C/C(=C/Oc1ccccc1)NCCCC.CC.CC(/C=C/S(C)(=O)=O)C(=O)O. The van der Waals surface area contributed by atoms with Crippen molar-refractivity contribution in [1.29, 1.82) is 0 Å². The number of hydrogen-bond donors (Lipinski definition) is 2. The molecule has 0 aliphatic heterocycles. The van der Waals surface area contributed by atoms with Gasteiger partial charge in [-0.25, -0.2) is 8.42 Å². The number of ether oxygens (including phenoxy) is 1. The van der Waals surface area contributed by atoms with Crippen LogP contribution in [-0.2, 0) is 14.6 Å². The highest BCUT2D eigenvalue weighted by Crippen LogP contribution is 2.09. The maximum atomic E-state index is 10.5. The molecule has 1 aromatic rings. The van der Waals surface area contributed by atoms with Crippen molar-refractivity contribution >= 4 is 15.8 Å². The number of para-hydroxylation sites is 1. The number of carboxylic acid groups (broad SMARTS) is 1. The van der Waals surface area contributed by atoms with Gasteiger partial charge in [-0.2, -0.15) is 0 Å². The molecule has 164 valence electrons. The molecule has 1 rings (SSSR count). The van der Waals surface area contributed by atoms with E-state index in [0.29, 0.717) is 0 Å². The number of rotatable bonds is 10. The zero-order chi connectivity index (χ0) is 22.7. The smallest absolute Gasteiger partial charge is 0.310 e. The molecule has 0 spiro atoms. The lowest BCUT2D eigenvalue weighted by molar-refractivity contribution is -0.139. The number of sulfone groups is 1. The number of allylic oxidation sites excluding steroid dienone is 1. The molecule has 2 N–H and O–H groups in total. The van der Waals surface area contributed by atoms with Gasteiger partial charge in [0.15, 0.2) is 9.84 Å². The molecule has 0 aliphatic rings. The number of carboxylic acids is 1. The zero-order valence-electron chi connectivity index (χ0n) is 18.1. The van der Waals surface area contributed by atoms with E-state index in [4.69, 9.17) is 9.84 Å². The van der Waals surface area contributed by atoms with Gasteiger partial charge in [-0.3, -0.25) is 4.79 Å². The third-order valence-electron chi connectivity index (χ3n) is 3.15. The molecule has 0 aliphatic carbocycles. The first-order valence-electron chi connectivity index (χ1n) is 9.58. The lowest BCUT2D eigenvalue weighted by Gasteiger charge is -2.06. The van der Waals surface area contributed by atoms with Crippen LogP contribution in [0.4, 0.5) is 0 Å². The second kappa shape index (κ2) is 17.6. The minimum Gasteiger partial charge on any atom is -0.481 e. The van der Waals surface area contributed by atoms with Crippen LogP contribution in [0.15, 0.2) is 66.4 Å². The Morgan fingerprint density at radius 3 is 2.31 bits per heavy atom. The average Bonchev–Trinajstić information content (AvgIpc) is 2.71. The van der Waals surface area contributed by atoms with Crippen molar-refractivity contribution in [2.75, 3.05) is 12.8 Å². The topological polar surface area (TPSA) is 92.7 Å². The van der Waals surface area contributed by atoms with Crippen molar-refractivity contribution in [1.82, 2.24) is 5.32 Å². The van der Waals surface area contributed by atoms with Crippen molar-refractivity contribution in [2.45, 2.75) is 40.5 Å². The number of benzene rings is 1. The van der Waals surface area contributed by atoms with Crippen LogP contribution < -0.4 is 10.1 Å². The summed E-state index contributed by atoms with van der Waals surface area (Å²) in [6.07, 6.45) is 7.93. The number of nitrogens with one attached hydrogen (secondary N) is 1. The summed E-state index contributed by atoms with van der Waals surface area (Å²) in [7, 11) is -3.20. The molecule has 6 nitrogen and oxygen atoms in total. The van der Waals surface area contributed by atoms with Crippen molar-refractivity contribution in [3.63, 3.8) is 0 Å². The molecule has 0 saturated heterocycles. The van der Waals surface area contributed by atoms with Gasteiger partial charge in [0, 0.05) is 18.2 Å². The van der Waals surface area contributed by atoms with Crippen molar-refractivity contribution in [2.24, 2.45) is 5.92 Å². The maximum Gasteiger partial charge on any atom is 0.310 e. The number of aliphatic carboxylic acids is 1. The highest BCUT2D eigenvalue weighted by Gasteiger charge is 2.06. The number of carbonyl (C=O) groups is 1. The maximum absolute atomic E-state index is 10.5. The molecule has 0 heterocycles. The monoisotopic (exact) mass is 425 g/mol. The average molecular weight is 426 g/mol. The molecule has 1 aromatic carbocycles. The second-order valence-electron chi connectivity index (χ2n) is 5.77. The standard InChI is InChI=1S/C14H19NO.C6H10O4S.C2H6/c1-3-5-11-15-13(4-2)12-16-14-9-7-6-8-10-14;1-5(6(7)8)3-4-11(2,9)10;1-2/h4,6-10,12,15H,2-3,5,11H2,1H3;3-5H,1-2H3,(H,7,8);1-2H3/b13-12-;4-3+;. The quantitative estimate of drug-likeness (QED) is 0.318. The van der Waals surface area contributed by atoms with Crippen LogP contribution in [0.3, 0.4) is 0 Å². The Morgan fingerprint density at radius 2 is 1.86 bits per heavy atom. The zero-order valence-corrected chi connectivity index (χ0v) is 18.9. The summed E-state index contributed by atoms with van der Waals surface area (Å²) in [6.45, 7) is 12.3. The molecule has 29 heavy (non-hydrogen) atoms. The van der Waals surface area contributed by atoms with Gasteiger partial charge in [0.05, 0.1) is 11.6 Å². The lowest BCUT2D eigenvalue weighted by atomic mass is 10.2. The van der Waals surface area contributed by atoms with Crippen molar-refractivity contribution < 1.29 is 23.1 Å². The van der Waals surface area contributed by atoms with Gasteiger partial charge in [-0.05, 0) is 31.6 Å². The fraction of sp³-hybridized carbons (Fsp3) is 0.409. The van der Waals surface area contributed by atoms with E-state index in [1.165, 1.54) is 13.3 Å². The summed E-state index contributed by atoms with van der Waals surface area (Å²) in [5, 5.41) is 12.5. The molecule has 0 radical (unpaired) electrons. The fourth-order valence-electron chi connectivity index (χ4n) is 1.54. The van der Waals surface area contributed by atoms with E-state index in [1.807, 2.05) is 44.2 Å². The van der Waals surface area contributed by atoms with E-state index >= 15 is 0 Å². The Bertz CT molecular complexity index is 725. The van der Waals surface area contributed by atoms with E-state index in [2.05, 4.69) is 18.8 Å². The van der Waals surface area contributed by atoms with Crippen LogP contribution in [-0.4, -0.2) is 32.3 Å². The normalized spacial score (nSPS) is 12.0. The third-order valence-corrected chi connectivity index (χ3v) is 3.80. The molecule has 0 saturated carbocycles. The van der Waals surface area contributed by atoms with Crippen LogP contribution in [0.5, 0.6) is 5.75 Å². The van der Waals surface area contributed by atoms with E-state index < -0.39 is 21.7 Å². The summed E-state index contributed by atoms with van der Waals surface area (Å²) in [6, 6.07) is 9.69. The van der Waals surface area contributed by atoms with E-state index in [1.54, 1.807) is 12.3 Å². The molecule has 0 bridgehead atoms. The number of unbranched alkanes of at least 4 members (excludes halogenated alkanes) is 1. The Balaban J connectivity index is 0. The first kappa shape index (κ1) is 28.7. The molecule has 0 amide bonds. The summed E-state index contributed by atoms with van der Waals surface area (Å²) >= 11 is 0. The van der Waals surface area contributed by atoms with E-state index in [-0.39, 0.29) is 0 Å².